The molecule has 0 bridgehead atoms. The number of alkyl halides is 2. The van der Waals surface area contributed by atoms with Crippen LogP contribution in [0.3, 0.4) is 0 Å². The fraction of sp³-hybridized carbons (Fsp3) is 0.529. The molecule has 1 saturated heterocycles. The second-order valence-corrected chi connectivity index (χ2v) is 6.50. The predicted molar refractivity (Wildman–Crippen MR) is 80.8 cm³/mol. The van der Waals surface area contributed by atoms with Crippen LogP contribution in [-0.4, -0.2) is 41.6 Å². The topological polar surface area (TPSA) is 66.8 Å². The average Bonchev–Trinajstić information content (AvgIpc) is 3.23. The van der Waals surface area contributed by atoms with E-state index in [4.69, 9.17) is 5.11 Å². The van der Waals surface area contributed by atoms with Crippen LogP contribution in [0.15, 0.2) is 24.3 Å². The first-order chi connectivity index (χ1) is 11.4. The first kappa shape index (κ1) is 16.7. The summed E-state index contributed by atoms with van der Waals surface area (Å²) >= 11 is 0. The minimum Gasteiger partial charge on any atom is -0.481 e. The zero-order valence-electron chi connectivity index (χ0n) is 13.1. The van der Waals surface area contributed by atoms with Crippen LogP contribution in [-0.2, 0) is 16.0 Å². The number of rotatable bonds is 5. The molecule has 1 aromatic rings. The summed E-state index contributed by atoms with van der Waals surface area (Å²) < 4.78 is 29.3. The van der Waals surface area contributed by atoms with Crippen molar-refractivity contribution in [2.24, 2.45) is 11.3 Å². The van der Waals surface area contributed by atoms with E-state index in [1.807, 2.05) is 0 Å². The summed E-state index contributed by atoms with van der Waals surface area (Å²) in [4.78, 5) is 25.2. The molecule has 1 amide bonds. The molecule has 2 aliphatic rings. The number of amides is 1. The summed E-state index contributed by atoms with van der Waals surface area (Å²) in [5, 5.41) is 9.09. The van der Waals surface area contributed by atoms with Gasteiger partial charge in [-0.15, -0.1) is 0 Å². The van der Waals surface area contributed by atoms with E-state index in [9.17, 15) is 18.4 Å². The number of carbonyl (C=O) groups excluding carboxylic acids is 1. The molecular formula is C17H19F2NO4. The lowest BCUT2D eigenvalue weighted by Gasteiger charge is -2.32. The minimum atomic E-state index is -2.93. The van der Waals surface area contributed by atoms with Gasteiger partial charge in [0, 0.05) is 18.7 Å². The number of halogens is 2. The maximum atomic E-state index is 12.4. The number of carbonyl (C=O) groups is 2. The smallest absolute Gasteiger partial charge is 0.387 e. The predicted octanol–water partition coefficient (Wildman–Crippen LogP) is 2.54. The molecule has 130 valence electrons. The molecule has 1 aliphatic carbocycles. The maximum Gasteiger partial charge on any atom is 0.387 e. The number of piperidine rings is 1. The lowest BCUT2D eigenvalue weighted by Crippen LogP contribution is -2.40. The van der Waals surface area contributed by atoms with Gasteiger partial charge in [-0.3, -0.25) is 9.59 Å². The van der Waals surface area contributed by atoms with Gasteiger partial charge in [-0.1, -0.05) is 18.2 Å². The van der Waals surface area contributed by atoms with Gasteiger partial charge in [0.1, 0.15) is 5.75 Å². The molecule has 3 rings (SSSR count). The fourth-order valence-corrected chi connectivity index (χ4v) is 3.59. The van der Waals surface area contributed by atoms with E-state index in [1.165, 1.54) is 6.07 Å². The first-order valence-electron chi connectivity index (χ1n) is 7.94. The van der Waals surface area contributed by atoms with Crippen molar-refractivity contribution in [1.29, 1.82) is 0 Å². The molecule has 5 nitrogen and oxygen atoms in total. The largest absolute Gasteiger partial charge is 0.481 e. The molecule has 1 saturated carbocycles. The molecular weight excluding hydrogens is 320 g/mol. The van der Waals surface area contributed by atoms with Crippen molar-refractivity contribution in [3.8, 4) is 5.75 Å². The number of ether oxygens (including phenoxy) is 1. The van der Waals surface area contributed by atoms with E-state index >= 15 is 0 Å². The van der Waals surface area contributed by atoms with E-state index in [1.54, 1.807) is 23.1 Å². The number of para-hydroxylation sites is 1. The summed E-state index contributed by atoms with van der Waals surface area (Å²) in [6, 6.07) is 6.27. The van der Waals surface area contributed by atoms with Crippen LogP contribution >= 0.6 is 0 Å². The van der Waals surface area contributed by atoms with Crippen molar-refractivity contribution >= 4 is 11.9 Å². The van der Waals surface area contributed by atoms with Crippen molar-refractivity contribution in [3.63, 3.8) is 0 Å². The van der Waals surface area contributed by atoms with E-state index in [0.717, 1.165) is 0 Å². The third kappa shape index (κ3) is 3.34. The molecule has 7 heteroatoms. The second kappa shape index (κ2) is 6.37. The average molecular weight is 339 g/mol. The van der Waals surface area contributed by atoms with Gasteiger partial charge in [0.2, 0.25) is 5.91 Å². The van der Waals surface area contributed by atoms with Crippen molar-refractivity contribution in [1.82, 2.24) is 4.90 Å². The van der Waals surface area contributed by atoms with Crippen molar-refractivity contribution in [3.05, 3.63) is 29.8 Å². The molecule has 1 heterocycles. The van der Waals surface area contributed by atoms with Crippen molar-refractivity contribution < 1.29 is 28.2 Å². The summed E-state index contributed by atoms with van der Waals surface area (Å²) in [5.41, 5.74) is 0.289. The summed E-state index contributed by atoms with van der Waals surface area (Å²) in [6.45, 7) is -1.90. The van der Waals surface area contributed by atoms with Crippen LogP contribution in [0.4, 0.5) is 8.78 Å². The summed E-state index contributed by atoms with van der Waals surface area (Å²) in [5.74, 6) is -1.17. The Morgan fingerprint density at radius 2 is 1.96 bits per heavy atom. The first-order valence-corrected chi connectivity index (χ1v) is 7.94. The monoisotopic (exact) mass is 339 g/mol. The van der Waals surface area contributed by atoms with Gasteiger partial charge >= 0.3 is 12.6 Å². The van der Waals surface area contributed by atoms with Gasteiger partial charge < -0.3 is 14.7 Å². The number of likely N-dealkylation sites (tertiary alicyclic amines) is 1. The highest BCUT2D eigenvalue weighted by Crippen LogP contribution is 2.59. The minimum absolute atomic E-state index is 0.00173. The number of carboxylic acids is 1. The highest BCUT2D eigenvalue weighted by Gasteiger charge is 2.59. The zero-order chi connectivity index (χ0) is 17.3. The quantitative estimate of drug-likeness (QED) is 0.895. The van der Waals surface area contributed by atoms with Gasteiger partial charge in [0.25, 0.3) is 0 Å². The van der Waals surface area contributed by atoms with Crippen molar-refractivity contribution in [2.75, 3.05) is 13.1 Å². The lowest BCUT2D eigenvalue weighted by molar-refractivity contribution is -0.139. The fourth-order valence-electron chi connectivity index (χ4n) is 3.59. The number of benzene rings is 1. The molecule has 1 unspecified atom stereocenters. The number of hydrogen-bond donors (Lipinski definition) is 1. The second-order valence-electron chi connectivity index (χ2n) is 6.50. The molecule has 1 atom stereocenters. The number of nitrogens with zero attached hydrogens (tertiary/aromatic N) is 1. The maximum absolute atomic E-state index is 12.4. The van der Waals surface area contributed by atoms with E-state index in [0.29, 0.717) is 37.9 Å². The molecule has 2 fully saturated rings. The van der Waals surface area contributed by atoms with Crippen LogP contribution in [0.5, 0.6) is 5.75 Å². The van der Waals surface area contributed by atoms with E-state index < -0.39 is 12.6 Å². The van der Waals surface area contributed by atoms with Crippen LogP contribution < -0.4 is 4.74 Å². The molecule has 1 aliphatic heterocycles. The number of aliphatic carboxylic acids is 1. The third-order valence-electron chi connectivity index (χ3n) is 5.13. The SMILES string of the molecule is O=C(O)C1CC12CCN(C(=O)Cc1ccccc1OC(F)F)CC2. The summed E-state index contributed by atoms with van der Waals surface area (Å²) in [6.07, 6.45) is 2.06. The highest BCUT2D eigenvalue weighted by atomic mass is 19.3. The Kier molecular flexibility index (Phi) is 4.43. The standard InChI is InChI=1S/C17H19F2NO4/c18-16(19)24-13-4-2-1-3-11(13)9-14(21)20-7-5-17(6-8-20)10-12(17)15(22)23/h1-4,12,16H,5-10H2,(H,22,23). The molecule has 1 N–H and O–H groups in total. The van der Waals surface area contributed by atoms with Gasteiger partial charge in [0.15, 0.2) is 0 Å². The molecule has 0 radical (unpaired) electrons. The van der Waals surface area contributed by atoms with Crippen LogP contribution in [0.25, 0.3) is 0 Å². The molecule has 1 aromatic carbocycles. The zero-order valence-corrected chi connectivity index (χ0v) is 13.1. The van der Waals surface area contributed by atoms with Crippen LogP contribution in [0, 0.1) is 11.3 Å². The number of carboxylic acid groups (broad SMARTS) is 1. The molecule has 1 spiro atoms. The Labute approximate surface area is 138 Å². The van der Waals surface area contributed by atoms with Gasteiger partial charge in [-0.25, -0.2) is 0 Å². The van der Waals surface area contributed by atoms with Gasteiger partial charge in [0.05, 0.1) is 12.3 Å². The lowest BCUT2D eigenvalue weighted by atomic mass is 9.90. The van der Waals surface area contributed by atoms with E-state index in [-0.39, 0.29) is 29.4 Å². The molecule has 24 heavy (non-hydrogen) atoms. The number of hydrogen-bond acceptors (Lipinski definition) is 3. The van der Waals surface area contributed by atoms with Crippen LogP contribution in [0.1, 0.15) is 24.8 Å². The Morgan fingerprint density at radius 1 is 1.29 bits per heavy atom. The van der Waals surface area contributed by atoms with Crippen molar-refractivity contribution in [2.45, 2.75) is 32.3 Å². The van der Waals surface area contributed by atoms with Gasteiger partial charge in [-0.05, 0) is 30.7 Å². The highest BCUT2D eigenvalue weighted by molar-refractivity contribution is 5.80. The van der Waals surface area contributed by atoms with E-state index in [2.05, 4.69) is 4.74 Å². The van der Waals surface area contributed by atoms with Crippen LogP contribution in [0.2, 0.25) is 0 Å². The Morgan fingerprint density at radius 3 is 2.54 bits per heavy atom. The third-order valence-corrected chi connectivity index (χ3v) is 5.13. The Hall–Kier alpha value is -2.18. The Balaban J connectivity index is 1.58. The normalized spacial score (nSPS) is 21.8. The molecule has 0 aromatic heterocycles. The Bertz CT molecular complexity index is 641. The van der Waals surface area contributed by atoms with Gasteiger partial charge in [-0.2, -0.15) is 8.78 Å². The summed E-state index contributed by atoms with van der Waals surface area (Å²) in [7, 11) is 0.